The molecule has 0 saturated heterocycles. The Morgan fingerprint density at radius 3 is 2.48 bits per heavy atom. The van der Waals surface area contributed by atoms with Gasteiger partial charge in [0, 0.05) is 25.2 Å². The van der Waals surface area contributed by atoms with E-state index in [1.54, 1.807) is 0 Å². The van der Waals surface area contributed by atoms with Crippen molar-refractivity contribution in [1.29, 1.82) is 0 Å². The SMILES string of the molecule is C=CC(=O)NCCCC[C@@H](C)OCC(C)(COCC)COCCCCNC. The summed E-state index contributed by atoms with van der Waals surface area (Å²) in [5, 5.41) is 5.94. The number of amides is 1. The maximum absolute atomic E-state index is 11.1. The van der Waals surface area contributed by atoms with Gasteiger partial charge in [0.05, 0.1) is 25.9 Å². The van der Waals surface area contributed by atoms with Crippen molar-refractivity contribution in [3.8, 4) is 0 Å². The molecule has 1 unspecified atom stereocenters. The molecule has 27 heavy (non-hydrogen) atoms. The molecule has 0 rings (SSSR count). The van der Waals surface area contributed by atoms with Crippen molar-refractivity contribution < 1.29 is 19.0 Å². The van der Waals surface area contributed by atoms with Crippen LogP contribution >= 0.6 is 0 Å². The molecule has 0 aromatic carbocycles. The molecule has 0 bridgehead atoms. The van der Waals surface area contributed by atoms with Crippen molar-refractivity contribution in [1.82, 2.24) is 10.6 Å². The van der Waals surface area contributed by atoms with Crippen LogP contribution in [-0.4, -0.2) is 65.2 Å². The Kier molecular flexibility index (Phi) is 16.6. The highest BCUT2D eigenvalue weighted by Crippen LogP contribution is 2.20. The molecule has 0 fully saturated rings. The van der Waals surface area contributed by atoms with Crippen LogP contribution in [0.3, 0.4) is 0 Å². The van der Waals surface area contributed by atoms with Crippen LogP contribution in [0.15, 0.2) is 12.7 Å². The van der Waals surface area contributed by atoms with Crippen LogP contribution in [0.25, 0.3) is 0 Å². The Hall–Kier alpha value is -0.950. The Morgan fingerprint density at radius 1 is 1.11 bits per heavy atom. The number of carbonyl (C=O) groups is 1. The molecule has 0 aliphatic heterocycles. The highest BCUT2D eigenvalue weighted by Gasteiger charge is 2.26. The van der Waals surface area contributed by atoms with Gasteiger partial charge in [0.1, 0.15) is 0 Å². The number of ether oxygens (including phenoxy) is 3. The van der Waals surface area contributed by atoms with Crippen molar-refractivity contribution in [2.75, 3.05) is 53.2 Å². The fourth-order valence-corrected chi connectivity index (χ4v) is 2.57. The maximum atomic E-state index is 11.1. The van der Waals surface area contributed by atoms with Crippen LogP contribution in [0.5, 0.6) is 0 Å². The summed E-state index contributed by atoms with van der Waals surface area (Å²) in [5.41, 5.74) is -0.134. The van der Waals surface area contributed by atoms with Crippen LogP contribution in [0.1, 0.15) is 52.9 Å². The van der Waals surface area contributed by atoms with E-state index in [9.17, 15) is 4.79 Å². The molecular weight excluding hydrogens is 344 g/mol. The van der Waals surface area contributed by atoms with E-state index in [-0.39, 0.29) is 17.4 Å². The van der Waals surface area contributed by atoms with Gasteiger partial charge in [0.15, 0.2) is 0 Å². The van der Waals surface area contributed by atoms with E-state index >= 15 is 0 Å². The normalized spacial score (nSPS) is 14.5. The van der Waals surface area contributed by atoms with Gasteiger partial charge in [-0.15, -0.1) is 0 Å². The molecule has 160 valence electrons. The van der Waals surface area contributed by atoms with E-state index in [2.05, 4.69) is 31.1 Å². The van der Waals surface area contributed by atoms with Gasteiger partial charge in [0.2, 0.25) is 5.91 Å². The van der Waals surface area contributed by atoms with E-state index in [1.165, 1.54) is 6.08 Å². The minimum absolute atomic E-state index is 0.114. The summed E-state index contributed by atoms with van der Waals surface area (Å²) in [4.78, 5) is 11.1. The zero-order valence-electron chi connectivity index (χ0n) is 18.0. The molecule has 0 heterocycles. The average Bonchev–Trinajstić information content (AvgIpc) is 2.67. The largest absolute Gasteiger partial charge is 0.381 e. The molecule has 0 radical (unpaired) electrons. The molecule has 6 heteroatoms. The lowest BCUT2D eigenvalue weighted by atomic mass is 9.94. The zero-order chi connectivity index (χ0) is 20.4. The third-order valence-corrected chi connectivity index (χ3v) is 4.31. The summed E-state index contributed by atoms with van der Waals surface area (Å²) >= 11 is 0. The standard InChI is InChI=1S/C21H42N2O4/c1-6-20(24)23-14-9-8-12-19(3)27-18-21(4,16-25-7-2)17-26-15-11-10-13-22-5/h6,19,22H,1,7-18H2,2-5H3,(H,23,24)/t19-,21?/m1/s1. The number of nitrogens with one attached hydrogen (secondary N) is 2. The lowest BCUT2D eigenvalue weighted by molar-refractivity contribution is -0.116. The van der Waals surface area contributed by atoms with E-state index < -0.39 is 0 Å². The van der Waals surface area contributed by atoms with Gasteiger partial charge in [-0.3, -0.25) is 4.79 Å². The third kappa shape index (κ3) is 15.8. The second-order valence-corrected chi connectivity index (χ2v) is 7.42. The lowest BCUT2D eigenvalue weighted by Gasteiger charge is -2.30. The molecule has 0 aromatic heterocycles. The Labute approximate surface area is 166 Å². The third-order valence-electron chi connectivity index (χ3n) is 4.31. The molecule has 2 N–H and O–H groups in total. The Balaban J connectivity index is 4.03. The fourth-order valence-electron chi connectivity index (χ4n) is 2.57. The molecule has 2 atom stereocenters. The highest BCUT2D eigenvalue weighted by molar-refractivity contribution is 5.86. The zero-order valence-corrected chi connectivity index (χ0v) is 18.0. The van der Waals surface area contributed by atoms with Crippen molar-refractivity contribution in [2.45, 2.75) is 59.0 Å². The highest BCUT2D eigenvalue weighted by atomic mass is 16.5. The van der Waals surface area contributed by atoms with Gasteiger partial charge in [-0.1, -0.05) is 13.5 Å². The fraction of sp³-hybridized carbons (Fsp3) is 0.857. The van der Waals surface area contributed by atoms with E-state index in [1.807, 2.05) is 14.0 Å². The minimum Gasteiger partial charge on any atom is -0.381 e. The monoisotopic (exact) mass is 386 g/mol. The van der Waals surface area contributed by atoms with Gasteiger partial charge < -0.3 is 24.8 Å². The summed E-state index contributed by atoms with van der Waals surface area (Å²) in [6.45, 7) is 14.8. The first kappa shape index (κ1) is 26.1. The summed E-state index contributed by atoms with van der Waals surface area (Å²) in [5.74, 6) is -0.114. The first-order chi connectivity index (χ1) is 13.0. The first-order valence-electron chi connectivity index (χ1n) is 10.3. The molecule has 6 nitrogen and oxygen atoms in total. The average molecular weight is 387 g/mol. The van der Waals surface area contributed by atoms with Crippen LogP contribution in [0, 0.1) is 5.41 Å². The smallest absolute Gasteiger partial charge is 0.243 e. The van der Waals surface area contributed by atoms with Gasteiger partial charge in [-0.2, -0.15) is 0 Å². The summed E-state index contributed by atoms with van der Waals surface area (Å²) in [7, 11) is 1.97. The summed E-state index contributed by atoms with van der Waals surface area (Å²) in [6, 6.07) is 0. The quantitative estimate of drug-likeness (QED) is 0.264. The topological polar surface area (TPSA) is 68.8 Å². The van der Waals surface area contributed by atoms with Crippen molar-refractivity contribution in [3.05, 3.63) is 12.7 Å². The Morgan fingerprint density at radius 2 is 1.81 bits per heavy atom. The molecule has 0 spiro atoms. The van der Waals surface area contributed by atoms with E-state index in [0.717, 1.165) is 45.3 Å². The predicted molar refractivity (Wildman–Crippen MR) is 111 cm³/mol. The molecule has 0 saturated carbocycles. The lowest BCUT2D eigenvalue weighted by Crippen LogP contribution is -2.35. The second-order valence-electron chi connectivity index (χ2n) is 7.42. The second kappa shape index (κ2) is 17.2. The van der Waals surface area contributed by atoms with Gasteiger partial charge >= 0.3 is 0 Å². The first-order valence-corrected chi connectivity index (χ1v) is 10.3. The molecule has 1 amide bonds. The number of rotatable bonds is 19. The van der Waals surface area contributed by atoms with E-state index in [4.69, 9.17) is 14.2 Å². The maximum Gasteiger partial charge on any atom is 0.243 e. The predicted octanol–water partition coefficient (Wildman–Crippen LogP) is 2.92. The molecular formula is C21H42N2O4. The minimum atomic E-state index is -0.134. The van der Waals surface area contributed by atoms with Crippen LogP contribution < -0.4 is 10.6 Å². The number of hydrogen-bond donors (Lipinski definition) is 2. The molecule has 0 aromatic rings. The summed E-state index contributed by atoms with van der Waals surface area (Å²) < 4.78 is 17.6. The van der Waals surface area contributed by atoms with Gasteiger partial charge in [0.25, 0.3) is 0 Å². The van der Waals surface area contributed by atoms with Gasteiger partial charge in [-0.25, -0.2) is 0 Å². The van der Waals surface area contributed by atoms with Crippen molar-refractivity contribution in [2.24, 2.45) is 5.41 Å². The van der Waals surface area contributed by atoms with E-state index in [0.29, 0.717) is 33.0 Å². The number of carbonyl (C=O) groups excluding carboxylic acids is 1. The number of hydrogen-bond acceptors (Lipinski definition) is 5. The molecule has 0 aliphatic carbocycles. The van der Waals surface area contributed by atoms with Crippen LogP contribution in [-0.2, 0) is 19.0 Å². The van der Waals surface area contributed by atoms with Crippen LogP contribution in [0.4, 0.5) is 0 Å². The van der Waals surface area contributed by atoms with Crippen molar-refractivity contribution in [3.63, 3.8) is 0 Å². The molecule has 0 aliphatic rings. The number of unbranched alkanes of at least 4 members (excludes halogenated alkanes) is 2. The van der Waals surface area contributed by atoms with Crippen molar-refractivity contribution >= 4 is 5.91 Å². The van der Waals surface area contributed by atoms with Crippen LogP contribution in [0.2, 0.25) is 0 Å². The summed E-state index contributed by atoms with van der Waals surface area (Å²) in [6.07, 6.45) is 6.59. The van der Waals surface area contributed by atoms with Gasteiger partial charge in [-0.05, 0) is 65.6 Å². The Bertz CT molecular complexity index is 379.